The lowest BCUT2D eigenvalue weighted by atomic mass is 10.3. The van der Waals surface area contributed by atoms with Crippen molar-refractivity contribution in [3.63, 3.8) is 0 Å². The Bertz CT molecular complexity index is 811. The molecule has 3 rings (SSSR count). The van der Waals surface area contributed by atoms with E-state index in [-0.39, 0.29) is 30.6 Å². The van der Waals surface area contributed by atoms with E-state index in [2.05, 4.69) is 21.2 Å². The van der Waals surface area contributed by atoms with Gasteiger partial charge in [-0.2, -0.15) is 0 Å². The number of halogens is 1. The summed E-state index contributed by atoms with van der Waals surface area (Å²) in [6, 6.07) is 16.2. The van der Waals surface area contributed by atoms with Gasteiger partial charge >= 0.3 is 0 Å². The molecule has 0 aliphatic carbocycles. The lowest BCUT2D eigenvalue weighted by Crippen LogP contribution is -2.31. The molecule has 1 N–H and O–H groups in total. The first kappa shape index (κ1) is 18.7. The second-order valence-corrected chi connectivity index (χ2v) is 8.00. The normalized spacial score (nSPS) is 16.8. The third-order valence-corrected chi connectivity index (χ3v) is 5.63. The van der Waals surface area contributed by atoms with E-state index in [1.807, 2.05) is 30.3 Å². The quantitative estimate of drug-likeness (QED) is 0.703. The second kappa shape index (κ2) is 8.51. The summed E-state index contributed by atoms with van der Waals surface area (Å²) in [5.74, 6) is -0.0386. The minimum absolute atomic E-state index is 0.114. The summed E-state index contributed by atoms with van der Waals surface area (Å²) in [5, 5.41) is 2.39. The Morgan fingerprint density at radius 3 is 2.50 bits per heavy atom. The number of imide groups is 1. The summed E-state index contributed by atoms with van der Waals surface area (Å²) in [6.45, 7) is 0. The van der Waals surface area contributed by atoms with Crippen molar-refractivity contribution in [3.8, 4) is 0 Å². The number of anilines is 2. The third kappa shape index (κ3) is 4.53. The first-order valence-corrected chi connectivity index (χ1v) is 9.97. The number of carbonyl (C=O) groups excluding carboxylic acids is 3. The number of benzene rings is 2. The van der Waals surface area contributed by atoms with E-state index in [0.717, 1.165) is 10.2 Å². The number of hydrogen-bond acceptors (Lipinski definition) is 4. The van der Waals surface area contributed by atoms with Gasteiger partial charge in [0.05, 0.1) is 10.9 Å². The molecule has 2 aromatic carbocycles. The molecule has 2 aromatic rings. The van der Waals surface area contributed by atoms with Crippen molar-refractivity contribution < 1.29 is 14.4 Å². The molecule has 0 unspecified atom stereocenters. The molecule has 0 spiro atoms. The Labute approximate surface area is 164 Å². The number of nitrogens with one attached hydrogen (secondary N) is 1. The summed E-state index contributed by atoms with van der Waals surface area (Å²) >= 11 is 4.70. The van der Waals surface area contributed by atoms with Crippen LogP contribution >= 0.6 is 27.7 Å². The molecule has 0 radical (unpaired) electrons. The van der Waals surface area contributed by atoms with Crippen LogP contribution in [0.4, 0.5) is 11.4 Å². The van der Waals surface area contributed by atoms with Gasteiger partial charge in [0.25, 0.3) is 0 Å². The zero-order chi connectivity index (χ0) is 18.5. The van der Waals surface area contributed by atoms with Crippen molar-refractivity contribution in [1.29, 1.82) is 0 Å². The zero-order valence-corrected chi connectivity index (χ0v) is 16.3. The van der Waals surface area contributed by atoms with Crippen LogP contribution in [0.5, 0.6) is 0 Å². The van der Waals surface area contributed by atoms with Crippen molar-refractivity contribution in [1.82, 2.24) is 0 Å². The minimum Gasteiger partial charge on any atom is -0.326 e. The van der Waals surface area contributed by atoms with Crippen LogP contribution in [-0.4, -0.2) is 28.7 Å². The van der Waals surface area contributed by atoms with Crippen LogP contribution in [0, 0.1) is 0 Å². The van der Waals surface area contributed by atoms with E-state index < -0.39 is 5.25 Å². The highest BCUT2D eigenvalue weighted by molar-refractivity contribution is 9.10. The van der Waals surface area contributed by atoms with Crippen LogP contribution in [0.1, 0.15) is 12.8 Å². The highest BCUT2D eigenvalue weighted by atomic mass is 79.9. The monoisotopic (exact) mass is 432 g/mol. The molecule has 1 aliphatic rings. The van der Waals surface area contributed by atoms with Crippen molar-refractivity contribution in [2.24, 2.45) is 0 Å². The van der Waals surface area contributed by atoms with Gasteiger partial charge in [0, 0.05) is 28.8 Å². The van der Waals surface area contributed by atoms with E-state index >= 15 is 0 Å². The maximum atomic E-state index is 12.5. The van der Waals surface area contributed by atoms with Gasteiger partial charge in [-0.3, -0.25) is 14.4 Å². The Morgan fingerprint density at radius 1 is 1.12 bits per heavy atom. The summed E-state index contributed by atoms with van der Waals surface area (Å²) in [4.78, 5) is 37.9. The molecule has 1 aliphatic heterocycles. The summed E-state index contributed by atoms with van der Waals surface area (Å²) in [5.41, 5.74) is 1.32. The van der Waals surface area contributed by atoms with Crippen molar-refractivity contribution in [2.45, 2.75) is 18.1 Å². The van der Waals surface area contributed by atoms with Crippen LogP contribution < -0.4 is 10.2 Å². The lowest BCUT2D eigenvalue weighted by molar-refractivity contribution is -0.121. The van der Waals surface area contributed by atoms with Crippen molar-refractivity contribution in [3.05, 3.63) is 59.1 Å². The van der Waals surface area contributed by atoms with Crippen LogP contribution in [0.15, 0.2) is 59.1 Å². The maximum Gasteiger partial charge on any atom is 0.247 e. The van der Waals surface area contributed by atoms with E-state index in [1.54, 1.807) is 24.3 Å². The molecule has 0 saturated carbocycles. The predicted molar refractivity (Wildman–Crippen MR) is 107 cm³/mol. The molecule has 26 heavy (non-hydrogen) atoms. The fourth-order valence-electron chi connectivity index (χ4n) is 2.63. The average Bonchev–Trinajstić information content (AvgIpc) is 2.91. The number of hydrogen-bond donors (Lipinski definition) is 1. The Hall–Kier alpha value is -2.12. The largest absolute Gasteiger partial charge is 0.326 e. The third-order valence-electron chi connectivity index (χ3n) is 3.90. The first-order chi connectivity index (χ1) is 12.5. The van der Waals surface area contributed by atoms with Crippen LogP contribution in [0.2, 0.25) is 0 Å². The minimum atomic E-state index is -0.428. The van der Waals surface area contributed by atoms with Gasteiger partial charge in [0.2, 0.25) is 17.7 Å². The van der Waals surface area contributed by atoms with Crippen LogP contribution in [0.3, 0.4) is 0 Å². The van der Waals surface area contributed by atoms with Gasteiger partial charge in [-0.05, 0) is 36.4 Å². The van der Waals surface area contributed by atoms with E-state index in [1.165, 1.54) is 16.7 Å². The fraction of sp³-hybridized carbons (Fsp3) is 0.211. The van der Waals surface area contributed by atoms with Gasteiger partial charge in [0.1, 0.15) is 0 Å². The summed E-state index contributed by atoms with van der Waals surface area (Å²) in [7, 11) is 0. The smallest absolute Gasteiger partial charge is 0.247 e. The van der Waals surface area contributed by atoms with E-state index in [0.29, 0.717) is 11.4 Å². The Kier molecular flexibility index (Phi) is 6.11. The van der Waals surface area contributed by atoms with E-state index in [4.69, 9.17) is 0 Å². The lowest BCUT2D eigenvalue weighted by Gasteiger charge is -2.14. The number of amides is 3. The summed E-state index contributed by atoms with van der Waals surface area (Å²) < 4.78 is 0.943. The first-order valence-electron chi connectivity index (χ1n) is 8.13. The molecule has 134 valence electrons. The molecule has 1 atom stereocenters. The fourth-order valence-corrected chi connectivity index (χ4v) is 3.99. The predicted octanol–water partition coefficient (Wildman–Crippen LogP) is 3.84. The molecule has 0 bridgehead atoms. The molecule has 5 nitrogen and oxygen atoms in total. The van der Waals surface area contributed by atoms with Gasteiger partial charge < -0.3 is 5.32 Å². The average molecular weight is 433 g/mol. The number of para-hydroxylation sites is 1. The van der Waals surface area contributed by atoms with Crippen molar-refractivity contribution in [2.75, 3.05) is 16.0 Å². The topological polar surface area (TPSA) is 66.5 Å². The van der Waals surface area contributed by atoms with Gasteiger partial charge in [-0.25, -0.2) is 4.90 Å². The van der Waals surface area contributed by atoms with E-state index in [9.17, 15) is 14.4 Å². The molecular formula is C19H17BrN2O3S. The highest BCUT2D eigenvalue weighted by Crippen LogP contribution is 2.29. The van der Waals surface area contributed by atoms with Gasteiger partial charge in [-0.1, -0.05) is 34.1 Å². The second-order valence-electron chi connectivity index (χ2n) is 5.77. The number of nitrogens with zero attached hydrogens (tertiary/aromatic N) is 1. The zero-order valence-electron chi connectivity index (χ0n) is 13.9. The molecule has 0 aromatic heterocycles. The maximum absolute atomic E-state index is 12.5. The van der Waals surface area contributed by atoms with Gasteiger partial charge in [0.15, 0.2) is 0 Å². The summed E-state index contributed by atoms with van der Waals surface area (Å²) in [6.07, 6.45) is 0.455. The number of carbonyl (C=O) groups is 3. The van der Waals surface area contributed by atoms with Crippen LogP contribution in [0.25, 0.3) is 0 Å². The number of thioether (sulfide) groups is 1. The highest BCUT2D eigenvalue weighted by Gasteiger charge is 2.39. The van der Waals surface area contributed by atoms with Gasteiger partial charge in [-0.15, -0.1) is 11.8 Å². The van der Waals surface area contributed by atoms with Crippen LogP contribution in [-0.2, 0) is 14.4 Å². The molecular weight excluding hydrogens is 416 g/mol. The molecule has 7 heteroatoms. The van der Waals surface area contributed by atoms with Crippen molar-refractivity contribution >= 4 is 56.8 Å². The SMILES string of the molecule is O=C(CCS[C@H]1CC(=O)N(c2ccccc2)C1=O)Nc1ccc(Br)cc1. The Balaban J connectivity index is 1.49. The molecule has 1 fully saturated rings. The molecule has 1 saturated heterocycles. The Morgan fingerprint density at radius 2 is 1.81 bits per heavy atom. The molecule has 3 amide bonds. The standard InChI is InChI=1S/C19H17BrN2O3S/c20-13-6-8-14(9-7-13)21-17(23)10-11-26-16-12-18(24)22(19(16)25)15-4-2-1-3-5-15/h1-9,16H,10-12H2,(H,21,23)/t16-/m0/s1. The molecule has 1 heterocycles. The number of rotatable bonds is 6.